The second-order valence-electron chi connectivity index (χ2n) is 14.5. The molecule has 61 heavy (non-hydrogen) atoms. The summed E-state index contributed by atoms with van der Waals surface area (Å²) in [6.45, 7) is 4.49. The standard InChI is InChI=1S/C50H47N3O8/c1-6-34-10-7-11-41(24-34)53-48-44-29-46(58-20-8-22-60-49(54)32(2)35-12-14-39-27-42(56-4)18-16-37(39)25-35)47(30-45(44)51-31-52-48)59-21-9-23-61-50(55)33(3)36-13-15-40-28-43(57-5)19-17-38(40)26-36/h1,7,10-19,24-33H,8-9,20-23H2,2-5H3,(H,51,52,53). The molecule has 7 rings (SSSR count). The number of hydrogen-bond donors (Lipinski definition) is 1. The zero-order valence-corrected chi connectivity index (χ0v) is 34.6. The smallest absolute Gasteiger partial charge is 0.313 e. The summed E-state index contributed by atoms with van der Waals surface area (Å²) in [5.41, 5.74) is 3.85. The van der Waals surface area contributed by atoms with Crippen molar-refractivity contribution >= 4 is 55.9 Å². The number of nitrogens with zero attached hydrogens (tertiary/aromatic N) is 2. The molecule has 0 amide bonds. The minimum atomic E-state index is -0.452. The van der Waals surface area contributed by atoms with Crippen LogP contribution in [0.2, 0.25) is 0 Å². The van der Waals surface area contributed by atoms with E-state index in [0.29, 0.717) is 41.1 Å². The van der Waals surface area contributed by atoms with Crippen molar-refractivity contribution in [2.75, 3.05) is 46.0 Å². The van der Waals surface area contributed by atoms with Gasteiger partial charge in [-0.1, -0.05) is 60.5 Å². The van der Waals surface area contributed by atoms with Gasteiger partial charge in [0.15, 0.2) is 11.5 Å². The van der Waals surface area contributed by atoms with E-state index >= 15 is 0 Å². The minimum absolute atomic E-state index is 0.164. The lowest BCUT2D eigenvalue weighted by Gasteiger charge is -2.16. The Hall–Kier alpha value is -7.32. The molecule has 1 N–H and O–H groups in total. The zero-order valence-electron chi connectivity index (χ0n) is 34.6. The summed E-state index contributed by atoms with van der Waals surface area (Å²) in [5.74, 6) is 4.13. The van der Waals surface area contributed by atoms with Crippen molar-refractivity contribution in [2.24, 2.45) is 0 Å². The van der Waals surface area contributed by atoms with Crippen LogP contribution >= 0.6 is 0 Å². The molecule has 2 atom stereocenters. The molecular weight excluding hydrogens is 771 g/mol. The van der Waals surface area contributed by atoms with Gasteiger partial charge in [-0.05, 0) is 95.1 Å². The maximum absolute atomic E-state index is 13.1. The molecule has 0 bridgehead atoms. The van der Waals surface area contributed by atoms with Gasteiger partial charge in [-0.2, -0.15) is 0 Å². The normalized spacial score (nSPS) is 12.0. The first-order valence-corrected chi connectivity index (χ1v) is 20.1. The SMILES string of the molecule is C#Cc1cccc(Nc2ncnc3cc(OCCCOC(=O)C(C)c4ccc5cc(OC)ccc5c4)c(OCCCOC(=O)C(C)c4ccc5cc(OC)ccc5c4)cc23)c1. The number of aromatic nitrogens is 2. The number of terminal acetylenes is 1. The number of ether oxygens (including phenoxy) is 6. The molecule has 2 unspecified atom stereocenters. The molecular formula is C50H47N3O8. The van der Waals surface area contributed by atoms with E-state index < -0.39 is 11.8 Å². The summed E-state index contributed by atoms with van der Waals surface area (Å²) in [6, 6.07) is 34.6. The van der Waals surface area contributed by atoms with Crippen LogP contribution in [0.25, 0.3) is 32.4 Å². The molecule has 11 nitrogen and oxygen atoms in total. The molecule has 11 heteroatoms. The van der Waals surface area contributed by atoms with Crippen LogP contribution in [0, 0.1) is 12.3 Å². The van der Waals surface area contributed by atoms with Gasteiger partial charge >= 0.3 is 11.9 Å². The predicted octanol–water partition coefficient (Wildman–Crippen LogP) is 9.91. The molecule has 0 spiro atoms. The van der Waals surface area contributed by atoms with Crippen LogP contribution in [0.3, 0.4) is 0 Å². The van der Waals surface area contributed by atoms with E-state index in [1.54, 1.807) is 20.3 Å². The fourth-order valence-corrected chi connectivity index (χ4v) is 6.84. The first-order valence-electron chi connectivity index (χ1n) is 20.1. The highest BCUT2D eigenvalue weighted by molar-refractivity contribution is 5.93. The van der Waals surface area contributed by atoms with Crippen molar-refractivity contribution in [3.05, 3.63) is 132 Å². The molecule has 0 radical (unpaired) electrons. The second kappa shape index (κ2) is 19.6. The van der Waals surface area contributed by atoms with Crippen molar-refractivity contribution in [1.29, 1.82) is 0 Å². The van der Waals surface area contributed by atoms with E-state index in [4.69, 9.17) is 34.8 Å². The topological polar surface area (TPSA) is 127 Å². The molecule has 310 valence electrons. The Morgan fingerprint density at radius 2 is 1.18 bits per heavy atom. The number of fused-ring (bicyclic) bond motifs is 3. The number of benzene rings is 6. The highest BCUT2D eigenvalue weighted by atomic mass is 16.5. The maximum atomic E-state index is 13.1. The van der Waals surface area contributed by atoms with E-state index in [1.807, 2.05) is 117 Å². The number of anilines is 2. The van der Waals surface area contributed by atoms with Crippen molar-refractivity contribution < 1.29 is 38.0 Å². The van der Waals surface area contributed by atoms with E-state index in [9.17, 15) is 9.59 Å². The van der Waals surface area contributed by atoms with Crippen LogP contribution in [0.15, 0.2) is 116 Å². The number of nitrogens with one attached hydrogen (secondary N) is 1. The Bertz CT molecular complexity index is 2730. The predicted molar refractivity (Wildman–Crippen MR) is 237 cm³/mol. The molecule has 0 aliphatic carbocycles. The van der Waals surface area contributed by atoms with Gasteiger partial charge in [0.05, 0.1) is 58.0 Å². The molecule has 0 aliphatic heterocycles. The summed E-state index contributed by atoms with van der Waals surface area (Å²) in [4.78, 5) is 35.1. The minimum Gasteiger partial charge on any atom is -0.497 e. The third-order valence-corrected chi connectivity index (χ3v) is 10.4. The lowest BCUT2D eigenvalue weighted by Crippen LogP contribution is -2.15. The number of rotatable bonds is 18. The van der Waals surface area contributed by atoms with Crippen LogP contribution in [-0.2, 0) is 19.1 Å². The van der Waals surface area contributed by atoms with E-state index in [-0.39, 0.29) is 38.4 Å². The fourth-order valence-electron chi connectivity index (χ4n) is 6.84. The Morgan fingerprint density at radius 1 is 0.639 bits per heavy atom. The van der Waals surface area contributed by atoms with Crippen LogP contribution < -0.4 is 24.3 Å². The van der Waals surface area contributed by atoms with Crippen molar-refractivity contribution in [2.45, 2.75) is 38.5 Å². The Kier molecular flexibility index (Phi) is 13.5. The molecule has 6 aromatic carbocycles. The third-order valence-electron chi connectivity index (χ3n) is 10.4. The first-order chi connectivity index (χ1) is 29.7. The number of carbonyl (C=O) groups excluding carboxylic acids is 2. The first kappa shape index (κ1) is 41.8. The van der Waals surface area contributed by atoms with Crippen LogP contribution in [0.1, 0.15) is 55.2 Å². The Morgan fingerprint density at radius 3 is 1.74 bits per heavy atom. The van der Waals surface area contributed by atoms with Gasteiger partial charge in [0.2, 0.25) is 0 Å². The fraction of sp³-hybridized carbons (Fsp3) is 0.240. The lowest BCUT2D eigenvalue weighted by molar-refractivity contribution is -0.146. The van der Waals surface area contributed by atoms with Gasteiger partial charge in [-0.3, -0.25) is 9.59 Å². The maximum Gasteiger partial charge on any atom is 0.313 e. The summed E-state index contributed by atoms with van der Waals surface area (Å²) in [6.07, 6.45) is 7.98. The average molecular weight is 818 g/mol. The van der Waals surface area contributed by atoms with Crippen LogP contribution in [-0.4, -0.2) is 62.6 Å². The van der Waals surface area contributed by atoms with Crippen molar-refractivity contribution in [3.63, 3.8) is 0 Å². The largest absolute Gasteiger partial charge is 0.497 e. The summed E-state index contributed by atoms with van der Waals surface area (Å²) in [7, 11) is 3.27. The summed E-state index contributed by atoms with van der Waals surface area (Å²) in [5, 5.41) is 8.12. The van der Waals surface area contributed by atoms with Gasteiger partial charge in [0.1, 0.15) is 23.6 Å². The lowest BCUT2D eigenvalue weighted by atomic mass is 9.98. The van der Waals surface area contributed by atoms with Crippen LogP contribution in [0.5, 0.6) is 23.0 Å². The van der Waals surface area contributed by atoms with Gasteiger partial charge < -0.3 is 33.7 Å². The molecule has 0 fully saturated rings. The van der Waals surface area contributed by atoms with Gasteiger partial charge in [0.25, 0.3) is 0 Å². The van der Waals surface area contributed by atoms with Crippen molar-refractivity contribution in [3.8, 4) is 35.3 Å². The monoisotopic (exact) mass is 817 g/mol. The van der Waals surface area contributed by atoms with E-state index in [0.717, 1.165) is 55.4 Å². The Balaban J connectivity index is 0.976. The molecule has 0 saturated carbocycles. The highest BCUT2D eigenvalue weighted by Crippen LogP contribution is 2.36. The van der Waals surface area contributed by atoms with Gasteiger partial charge in [-0.15, -0.1) is 6.42 Å². The molecule has 7 aromatic rings. The quantitative estimate of drug-likeness (QED) is 0.0505. The zero-order chi connectivity index (χ0) is 42.7. The molecule has 0 saturated heterocycles. The van der Waals surface area contributed by atoms with Gasteiger partial charge in [-0.25, -0.2) is 9.97 Å². The molecule has 1 heterocycles. The van der Waals surface area contributed by atoms with Gasteiger partial charge in [0, 0.05) is 35.5 Å². The second-order valence-corrected chi connectivity index (χ2v) is 14.5. The number of esters is 2. The average Bonchev–Trinajstić information content (AvgIpc) is 3.30. The van der Waals surface area contributed by atoms with Crippen LogP contribution in [0.4, 0.5) is 11.5 Å². The number of carbonyl (C=O) groups is 2. The highest BCUT2D eigenvalue weighted by Gasteiger charge is 2.19. The number of hydrogen-bond acceptors (Lipinski definition) is 11. The van der Waals surface area contributed by atoms with E-state index in [1.165, 1.54) is 6.33 Å². The third kappa shape index (κ3) is 10.3. The molecule has 1 aromatic heterocycles. The molecule has 0 aliphatic rings. The summed E-state index contributed by atoms with van der Waals surface area (Å²) < 4.78 is 34.5. The Labute approximate surface area is 354 Å². The summed E-state index contributed by atoms with van der Waals surface area (Å²) >= 11 is 0. The number of methoxy groups -OCH3 is 2. The van der Waals surface area contributed by atoms with Crippen molar-refractivity contribution in [1.82, 2.24) is 9.97 Å². The van der Waals surface area contributed by atoms with E-state index in [2.05, 4.69) is 21.2 Å².